The molecule has 3 unspecified atom stereocenters. The zero-order valence-corrected chi connectivity index (χ0v) is 11.4. The molecule has 0 aliphatic rings. The molecule has 0 aromatic heterocycles. The van der Waals surface area contributed by atoms with E-state index >= 15 is 0 Å². The molecule has 0 heterocycles. The molecule has 13 nitrogen and oxygen atoms in total. The molecule has 0 aromatic carbocycles. The highest BCUT2D eigenvalue weighted by molar-refractivity contribution is 7.71. The van der Waals surface area contributed by atoms with Crippen LogP contribution in [0.15, 0.2) is 0 Å². The highest BCUT2D eigenvalue weighted by Crippen LogP contribution is 2.70. The van der Waals surface area contributed by atoms with Crippen molar-refractivity contribution in [1.82, 2.24) is 0 Å². The summed E-state index contributed by atoms with van der Waals surface area (Å²) in [7, 11) is -22.3. The first-order chi connectivity index (χ1) is 7.68. The van der Waals surface area contributed by atoms with Gasteiger partial charge in [0.05, 0.1) is 0 Å². The molecule has 3 atom stereocenters. The van der Waals surface area contributed by atoms with E-state index in [0.717, 1.165) is 0 Å². The van der Waals surface area contributed by atoms with Gasteiger partial charge in [-0.25, -0.2) is 18.3 Å². The first-order valence-corrected chi connectivity index (χ1v) is 9.37. The van der Waals surface area contributed by atoms with E-state index in [2.05, 4.69) is 12.9 Å². The maximum absolute atomic E-state index is 10.9. The number of nitriles is 1. The predicted octanol–water partition coefficient (Wildman–Crippen LogP) is -0.00382. The van der Waals surface area contributed by atoms with E-state index in [1.165, 1.54) is 0 Å². The molecule has 5 N–H and O–H groups in total. The van der Waals surface area contributed by atoms with Gasteiger partial charge in [-0.15, -0.1) is 0 Å². The Kier molecular flexibility index (Phi) is 5.64. The summed E-state index contributed by atoms with van der Waals surface area (Å²) in [5.41, 5.74) is 0. The zero-order chi connectivity index (χ0) is 14.8. The van der Waals surface area contributed by atoms with Gasteiger partial charge in [0.15, 0.2) is 5.81 Å². The standard InChI is InChI=1S/CH5NO12P4/c2-1-15(3,4)12-17(8,9)14-18(10,11)13-16(5,6)7/h(H,3,4)(H,8,9)(H,10,11)(H2,5,6,7)/i1+1. The number of hydrogen-bond acceptors (Lipinski definition) is 8. The number of hydrogen-bond donors (Lipinski definition) is 5. The van der Waals surface area contributed by atoms with Crippen molar-refractivity contribution in [3.05, 3.63) is 0 Å². The molecule has 0 spiro atoms. The summed E-state index contributed by atoms with van der Waals surface area (Å²) in [6.07, 6.45) is 0. The minimum atomic E-state index is -5.77. The smallest absolute Gasteiger partial charge is 0.313 e. The van der Waals surface area contributed by atoms with E-state index < -0.39 is 31.1 Å². The van der Waals surface area contributed by atoms with Gasteiger partial charge < -0.3 is 24.5 Å². The van der Waals surface area contributed by atoms with Crippen molar-refractivity contribution in [3.8, 4) is 5.81 Å². The van der Waals surface area contributed by atoms with Gasteiger partial charge in [-0.05, 0) is 0 Å². The Morgan fingerprint density at radius 3 is 1.50 bits per heavy atom. The Bertz CT molecular complexity index is 535. The number of nitrogens with zero attached hydrogens (tertiary/aromatic N) is 1. The third kappa shape index (κ3) is 8.24. The molecule has 18 heavy (non-hydrogen) atoms. The van der Waals surface area contributed by atoms with Crippen LogP contribution in [0.4, 0.5) is 0 Å². The molecule has 0 aliphatic carbocycles. The van der Waals surface area contributed by atoms with Gasteiger partial charge in [-0.2, -0.15) is 18.2 Å². The van der Waals surface area contributed by atoms with Crippen LogP contribution in [-0.2, 0) is 31.2 Å². The molecule has 0 bridgehead atoms. The van der Waals surface area contributed by atoms with Crippen LogP contribution in [0.25, 0.3) is 0 Å². The van der Waals surface area contributed by atoms with Crippen molar-refractivity contribution in [2.75, 3.05) is 0 Å². The fourth-order valence-electron chi connectivity index (χ4n) is 0.453. The van der Waals surface area contributed by atoms with E-state index in [9.17, 15) is 18.3 Å². The second kappa shape index (κ2) is 5.61. The first kappa shape index (κ1) is 18.1. The lowest BCUT2D eigenvalue weighted by molar-refractivity contribution is 0.205. The van der Waals surface area contributed by atoms with E-state index in [4.69, 9.17) is 29.7 Å². The Labute approximate surface area is 98.6 Å². The Balaban J connectivity index is 4.96. The van der Waals surface area contributed by atoms with E-state index in [1.54, 1.807) is 0 Å². The van der Waals surface area contributed by atoms with Crippen LogP contribution >= 0.6 is 31.1 Å². The quantitative estimate of drug-likeness (QED) is 0.315. The second-order valence-corrected chi connectivity index (χ2v) is 8.35. The molecule has 0 saturated carbocycles. The predicted molar refractivity (Wildman–Crippen MR) is 50.4 cm³/mol. The van der Waals surface area contributed by atoms with Crippen LogP contribution in [-0.4, -0.2) is 24.5 Å². The van der Waals surface area contributed by atoms with Crippen LogP contribution in [0.5, 0.6) is 0 Å². The Morgan fingerprint density at radius 2 is 1.17 bits per heavy atom. The lowest BCUT2D eigenvalue weighted by Gasteiger charge is -2.15. The molecule has 0 saturated heterocycles. The molecule has 0 radical (unpaired) electrons. The minimum Gasteiger partial charge on any atom is -0.313 e. The van der Waals surface area contributed by atoms with Crippen LogP contribution in [0.1, 0.15) is 0 Å². The summed E-state index contributed by atoms with van der Waals surface area (Å²) in [6.45, 7) is 0. The fourth-order valence-corrected chi connectivity index (χ4v) is 4.61. The molecular formula is CH5NO12P4. The minimum absolute atomic E-state index is 0.542. The highest BCUT2D eigenvalue weighted by atomic mass is 31.3. The summed E-state index contributed by atoms with van der Waals surface area (Å²) >= 11 is 0. The van der Waals surface area contributed by atoms with Gasteiger partial charge >= 0.3 is 31.1 Å². The molecule has 0 rings (SSSR count). The first-order valence-electron chi connectivity index (χ1n) is 3.27. The topological polar surface area (TPSA) is 221 Å². The van der Waals surface area contributed by atoms with Crippen LogP contribution in [0.2, 0.25) is 0 Å². The third-order valence-electron chi connectivity index (χ3n) is 0.756. The van der Waals surface area contributed by atoms with Gasteiger partial charge in [-0.3, -0.25) is 0 Å². The molecule has 106 valence electrons. The zero-order valence-electron chi connectivity index (χ0n) is 7.83. The van der Waals surface area contributed by atoms with E-state index in [0.29, 0.717) is 5.81 Å². The third-order valence-corrected chi connectivity index (χ3v) is 6.05. The average Bonchev–Trinajstić information content (AvgIpc) is 1.93. The summed E-state index contributed by atoms with van der Waals surface area (Å²) < 4.78 is 52.0. The highest BCUT2D eigenvalue weighted by Gasteiger charge is 2.44. The van der Waals surface area contributed by atoms with Crippen molar-refractivity contribution in [3.63, 3.8) is 0 Å². The van der Waals surface area contributed by atoms with Crippen LogP contribution < -0.4 is 0 Å². The fraction of sp³-hybridized carbons (Fsp3) is 0. The normalized spacial score (nSPS) is 22.2. The van der Waals surface area contributed by atoms with Crippen LogP contribution in [0.3, 0.4) is 0 Å². The summed E-state index contributed by atoms with van der Waals surface area (Å²) in [6, 6.07) is 0. The maximum atomic E-state index is 10.9. The average molecular weight is 348 g/mol. The summed E-state index contributed by atoms with van der Waals surface area (Å²) in [5.74, 6) is 0.542. The number of rotatable bonds is 6. The molecule has 0 fully saturated rings. The van der Waals surface area contributed by atoms with Gasteiger partial charge in [0, 0.05) is 0 Å². The summed E-state index contributed by atoms with van der Waals surface area (Å²) in [5, 5.41) is 7.98. The Morgan fingerprint density at radius 1 is 0.778 bits per heavy atom. The van der Waals surface area contributed by atoms with Crippen molar-refractivity contribution >= 4 is 31.1 Å². The number of phosphoric acid groups is 3. The molecule has 0 amide bonds. The van der Waals surface area contributed by atoms with Crippen molar-refractivity contribution in [2.24, 2.45) is 0 Å². The largest absolute Gasteiger partial charge is 0.490 e. The Hall–Kier alpha value is 0.0900. The van der Waals surface area contributed by atoms with Gasteiger partial charge in [0.2, 0.25) is 0 Å². The second-order valence-electron chi connectivity index (χ2n) is 2.29. The monoisotopic (exact) mass is 348 g/mol. The van der Waals surface area contributed by atoms with Gasteiger partial charge in [-0.1, -0.05) is 0 Å². The SMILES string of the molecule is N#[13C]P(=O)(O)OP(=O)(O)OP(=O)(O)OP(=O)(O)O. The van der Waals surface area contributed by atoms with Crippen LogP contribution in [0, 0.1) is 11.1 Å². The van der Waals surface area contributed by atoms with E-state index in [-0.39, 0.29) is 0 Å². The maximum Gasteiger partial charge on any atom is 0.490 e. The van der Waals surface area contributed by atoms with E-state index in [1.807, 2.05) is 0 Å². The van der Waals surface area contributed by atoms with Gasteiger partial charge in [0.1, 0.15) is 0 Å². The van der Waals surface area contributed by atoms with Gasteiger partial charge in [0.25, 0.3) is 0 Å². The van der Waals surface area contributed by atoms with Crippen molar-refractivity contribution in [2.45, 2.75) is 0 Å². The lowest BCUT2D eigenvalue weighted by Crippen LogP contribution is -1.95. The molecule has 0 aliphatic heterocycles. The molecule has 17 heteroatoms. The molecule has 0 aromatic rings. The van der Waals surface area contributed by atoms with Crippen molar-refractivity contribution < 1.29 is 55.7 Å². The molecular weight excluding hydrogens is 343 g/mol. The lowest BCUT2D eigenvalue weighted by atomic mass is 12.7. The summed E-state index contributed by atoms with van der Waals surface area (Å²) in [4.78, 5) is 42.0. The van der Waals surface area contributed by atoms with Crippen molar-refractivity contribution in [1.29, 1.82) is 5.26 Å².